The number of aromatic nitrogens is 1. The molecule has 0 aliphatic carbocycles. The molecule has 3 aromatic rings. The van der Waals surface area contributed by atoms with Gasteiger partial charge in [-0.1, -0.05) is 56.0 Å². The van der Waals surface area contributed by atoms with Gasteiger partial charge in [0.05, 0.1) is 23.1 Å². The van der Waals surface area contributed by atoms with Crippen LogP contribution in [0.25, 0.3) is 0 Å². The van der Waals surface area contributed by atoms with Crippen LogP contribution in [0.4, 0.5) is 5.13 Å². The van der Waals surface area contributed by atoms with E-state index in [0.717, 1.165) is 26.8 Å². The van der Waals surface area contributed by atoms with Gasteiger partial charge in [0.15, 0.2) is 5.13 Å². The first-order chi connectivity index (χ1) is 20.3. The van der Waals surface area contributed by atoms with Crippen molar-refractivity contribution in [1.82, 2.24) is 20.1 Å². The van der Waals surface area contributed by atoms with Gasteiger partial charge in [0, 0.05) is 56.1 Å². The van der Waals surface area contributed by atoms with Crippen LogP contribution in [-0.2, 0) is 11.3 Å². The van der Waals surface area contributed by atoms with E-state index < -0.39 is 0 Å². The highest BCUT2D eigenvalue weighted by Crippen LogP contribution is 2.38. The fraction of sp³-hybridized carbons (Fsp3) is 0.438. The minimum absolute atomic E-state index is 0.0195. The molecule has 43 heavy (non-hydrogen) atoms. The Bertz CT molecular complexity index is 1460. The van der Waals surface area contributed by atoms with E-state index in [1.807, 2.05) is 43.3 Å². The van der Waals surface area contributed by atoms with Crippen molar-refractivity contribution in [3.63, 3.8) is 0 Å². The van der Waals surface area contributed by atoms with Gasteiger partial charge >= 0.3 is 0 Å². The summed E-state index contributed by atoms with van der Waals surface area (Å²) in [6, 6.07) is 11.7. The Labute approximate surface area is 262 Å². The predicted octanol–water partition coefficient (Wildman–Crippen LogP) is 5.69. The number of amides is 3. The third-order valence-electron chi connectivity index (χ3n) is 7.78. The smallest absolute Gasteiger partial charge is 0.257 e. The maximum absolute atomic E-state index is 13.4. The molecule has 0 saturated carbocycles. The van der Waals surface area contributed by atoms with Gasteiger partial charge in [-0.3, -0.25) is 19.7 Å². The van der Waals surface area contributed by atoms with Crippen molar-refractivity contribution in [2.24, 2.45) is 5.41 Å². The van der Waals surface area contributed by atoms with Crippen LogP contribution in [0, 0.1) is 12.3 Å². The first-order valence-corrected chi connectivity index (χ1v) is 16.0. The van der Waals surface area contributed by atoms with Gasteiger partial charge < -0.3 is 19.9 Å². The van der Waals surface area contributed by atoms with Crippen LogP contribution in [0.1, 0.15) is 66.5 Å². The molecule has 0 spiro atoms. The fourth-order valence-corrected chi connectivity index (χ4v) is 6.43. The van der Waals surface area contributed by atoms with E-state index in [1.54, 1.807) is 30.0 Å². The number of nitrogens with zero attached hydrogens (tertiary/aromatic N) is 3. The lowest BCUT2D eigenvalue weighted by Gasteiger charge is -2.34. The molecule has 1 aliphatic heterocycles. The summed E-state index contributed by atoms with van der Waals surface area (Å²) in [5.41, 5.74) is 3.30. The lowest BCUT2D eigenvalue weighted by Crippen LogP contribution is -2.50. The second-order valence-electron chi connectivity index (χ2n) is 11.8. The average molecular weight is 624 g/mol. The summed E-state index contributed by atoms with van der Waals surface area (Å²) in [4.78, 5) is 46.8. The Morgan fingerprint density at radius 2 is 1.72 bits per heavy atom. The maximum Gasteiger partial charge on any atom is 0.257 e. The number of rotatable bonds is 9. The Morgan fingerprint density at radius 1 is 1.07 bits per heavy atom. The second-order valence-corrected chi connectivity index (χ2v) is 14.2. The monoisotopic (exact) mass is 623 g/mol. The highest BCUT2D eigenvalue weighted by atomic mass is 32.2. The number of ether oxygens (including phenoxy) is 1. The lowest BCUT2D eigenvalue weighted by molar-refractivity contribution is -0.130. The number of benzene rings is 2. The second kappa shape index (κ2) is 13.9. The quantitative estimate of drug-likeness (QED) is 0.316. The molecular formula is C32H41N5O4S2. The van der Waals surface area contributed by atoms with Gasteiger partial charge in [0.25, 0.3) is 11.8 Å². The van der Waals surface area contributed by atoms with Gasteiger partial charge in [0.2, 0.25) is 5.91 Å². The van der Waals surface area contributed by atoms with Crippen LogP contribution in [0.5, 0.6) is 5.75 Å². The summed E-state index contributed by atoms with van der Waals surface area (Å²) < 4.78 is 6.44. The van der Waals surface area contributed by atoms with Crippen molar-refractivity contribution < 1.29 is 19.1 Å². The molecule has 9 nitrogen and oxygen atoms in total. The summed E-state index contributed by atoms with van der Waals surface area (Å²) in [7, 11) is 1.56. The molecule has 0 radical (unpaired) electrons. The number of piperazine rings is 1. The lowest BCUT2D eigenvalue weighted by atomic mass is 9.88. The van der Waals surface area contributed by atoms with Crippen LogP contribution >= 0.6 is 23.1 Å². The van der Waals surface area contributed by atoms with Gasteiger partial charge in [0.1, 0.15) is 5.75 Å². The average Bonchev–Trinajstić information content (AvgIpc) is 3.42. The van der Waals surface area contributed by atoms with Crippen LogP contribution in [0.2, 0.25) is 0 Å². The molecule has 11 heteroatoms. The van der Waals surface area contributed by atoms with Crippen LogP contribution in [0.3, 0.4) is 0 Å². The molecule has 1 aromatic heterocycles. The zero-order valence-corrected chi connectivity index (χ0v) is 27.6. The molecular weight excluding hydrogens is 583 g/mol. The number of anilines is 1. The topological polar surface area (TPSA) is 104 Å². The highest BCUT2D eigenvalue weighted by molar-refractivity contribution is 8.01. The normalized spacial score (nSPS) is 14.4. The van der Waals surface area contributed by atoms with Crippen molar-refractivity contribution in [2.45, 2.75) is 63.2 Å². The fourth-order valence-electron chi connectivity index (χ4n) is 4.50. The standard InChI is InChI=1S/C32H41N5O4S2/c1-20-16-26(41-7)25(30(40)37-14-12-36(13-15-37)22(3)38)17-27(20)42-28-19-34-31(43-28)35-29(39)24-10-8-23(9-11-24)18-33-21(2)32(4,5)6/h8-11,16-17,19,21,33H,12-15,18H2,1-7H3,(H,34,35,39)/t21-/m1/s1. The van der Waals surface area contributed by atoms with Crippen molar-refractivity contribution in [3.8, 4) is 5.75 Å². The minimum Gasteiger partial charge on any atom is -0.496 e. The zero-order valence-electron chi connectivity index (χ0n) is 25.9. The minimum atomic E-state index is -0.216. The Kier molecular flexibility index (Phi) is 10.5. The van der Waals surface area contributed by atoms with Gasteiger partial charge in [-0.25, -0.2) is 4.98 Å². The third kappa shape index (κ3) is 8.36. The summed E-state index contributed by atoms with van der Waals surface area (Å²) in [5, 5.41) is 6.94. The van der Waals surface area contributed by atoms with Crippen LogP contribution < -0.4 is 15.4 Å². The number of nitrogens with one attached hydrogen (secondary N) is 2. The largest absolute Gasteiger partial charge is 0.496 e. The number of hydrogen-bond acceptors (Lipinski definition) is 8. The summed E-state index contributed by atoms with van der Waals surface area (Å²) >= 11 is 2.87. The van der Waals surface area contributed by atoms with Crippen LogP contribution in [-0.4, -0.2) is 71.8 Å². The Hall–Kier alpha value is -3.41. The highest BCUT2D eigenvalue weighted by Gasteiger charge is 2.26. The SMILES string of the molecule is COc1cc(C)c(Sc2cnc(NC(=O)c3ccc(CN[C@H](C)C(C)(C)C)cc3)s2)cc1C(=O)N1CCN(C(C)=O)CC1. The summed E-state index contributed by atoms with van der Waals surface area (Å²) in [5.74, 6) is 0.200. The molecule has 1 saturated heterocycles. The molecule has 1 fully saturated rings. The predicted molar refractivity (Wildman–Crippen MR) is 172 cm³/mol. The van der Waals surface area contributed by atoms with E-state index >= 15 is 0 Å². The van der Waals surface area contributed by atoms with E-state index in [4.69, 9.17) is 4.74 Å². The van der Waals surface area contributed by atoms with Crippen molar-refractivity contribution in [3.05, 3.63) is 64.8 Å². The molecule has 2 heterocycles. The third-order valence-corrected chi connectivity index (χ3v) is 9.96. The van der Waals surface area contributed by atoms with E-state index in [2.05, 4.69) is 43.3 Å². The molecule has 4 rings (SSSR count). The van der Waals surface area contributed by atoms with Gasteiger partial charge in [-0.2, -0.15) is 0 Å². The number of carbonyl (C=O) groups excluding carboxylic acids is 3. The molecule has 3 amide bonds. The summed E-state index contributed by atoms with van der Waals surface area (Å²) in [6.45, 7) is 15.0. The van der Waals surface area contributed by atoms with E-state index in [9.17, 15) is 14.4 Å². The van der Waals surface area contributed by atoms with E-state index in [0.29, 0.717) is 54.2 Å². The first-order valence-electron chi connectivity index (χ1n) is 14.4. The van der Waals surface area contributed by atoms with E-state index in [1.165, 1.54) is 23.1 Å². The number of hydrogen-bond donors (Lipinski definition) is 2. The molecule has 1 atom stereocenters. The van der Waals surface area contributed by atoms with Crippen molar-refractivity contribution in [1.29, 1.82) is 0 Å². The molecule has 0 unspecified atom stereocenters. The van der Waals surface area contributed by atoms with Gasteiger partial charge in [-0.05, 0) is 54.7 Å². The van der Waals surface area contributed by atoms with Gasteiger partial charge in [-0.15, -0.1) is 0 Å². The molecule has 0 bridgehead atoms. The van der Waals surface area contributed by atoms with E-state index in [-0.39, 0.29) is 23.1 Å². The number of carbonyl (C=O) groups is 3. The zero-order chi connectivity index (χ0) is 31.3. The Morgan fingerprint density at radius 3 is 2.33 bits per heavy atom. The Balaban J connectivity index is 1.39. The maximum atomic E-state index is 13.4. The first kappa shape index (κ1) is 32.5. The molecule has 2 N–H and O–H groups in total. The van der Waals surface area contributed by atoms with Crippen molar-refractivity contribution in [2.75, 3.05) is 38.6 Å². The molecule has 230 valence electrons. The molecule has 1 aliphatic rings. The van der Waals surface area contributed by atoms with Crippen LogP contribution in [0.15, 0.2) is 51.7 Å². The number of thiazole rings is 1. The summed E-state index contributed by atoms with van der Waals surface area (Å²) in [6.07, 6.45) is 1.72. The molecule has 2 aromatic carbocycles. The van der Waals surface area contributed by atoms with Crippen molar-refractivity contribution >= 4 is 46.0 Å². The number of aryl methyl sites for hydroxylation is 1. The number of methoxy groups -OCH3 is 1.